The van der Waals surface area contributed by atoms with Gasteiger partial charge < -0.3 is 5.32 Å². The quantitative estimate of drug-likeness (QED) is 0.657. The number of hydrogen-bond donors (Lipinski definition) is 1. The smallest absolute Gasteiger partial charge is 0.295 e. The molecule has 1 heterocycles. The first kappa shape index (κ1) is 19.0. The molecule has 1 N–H and O–H groups in total. The van der Waals surface area contributed by atoms with E-state index in [1.54, 1.807) is 9.36 Å². The van der Waals surface area contributed by atoms with Gasteiger partial charge in [0.15, 0.2) is 0 Å². The standard InChI is InChI=1S/C21H23N3O2S/c1-4-18(27-17-13-9-6-10-14-17)20(25)22-19-15(2)23(3)24(21(19)26)16-11-7-5-8-12-16/h5-14,18H,4H2,1-3H3,(H,22,25). The van der Waals surface area contributed by atoms with Gasteiger partial charge in [0.05, 0.1) is 16.6 Å². The molecule has 1 unspecified atom stereocenters. The number of thioether (sulfide) groups is 1. The first-order valence-corrected chi connectivity index (χ1v) is 9.77. The van der Waals surface area contributed by atoms with Crippen molar-refractivity contribution in [3.63, 3.8) is 0 Å². The SMILES string of the molecule is CCC(Sc1ccccc1)C(=O)Nc1c(C)n(C)n(-c2ccccc2)c1=O. The third-order valence-electron chi connectivity index (χ3n) is 4.49. The number of nitrogens with zero attached hydrogens (tertiary/aromatic N) is 2. The van der Waals surface area contributed by atoms with Crippen LogP contribution in [-0.2, 0) is 11.8 Å². The van der Waals surface area contributed by atoms with Crippen molar-refractivity contribution >= 4 is 23.4 Å². The first-order chi connectivity index (χ1) is 13.0. The molecule has 0 aliphatic carbocycles. The first-order valence-electron chi connectivity index (χ1n) is 8.89. The molecule has 0 saturated carbocycles. The number of hydrogen-bond acceptors (Lipinski definition) is 3. The number of amides is 1. The second-order valence-electron chi connectivity index (χ2n) is 6.25. The molecule has 1 aromatic heterocycles. The van der Waals surface area contributed by atoms with Crippen molar-refractivity contribution in [1.82, 2.24) is 9.36 Å². The average molecular weight is 382 g/mol. The zero-order chi connectivity index (χ0) is 19.4. The van der Waals surface area contributed by atoms with Gasteiger partial charge in [-0.05, 0) is 37.6 Å². The van der Waals surface area contributed by atoms with Crippen molar-refractivity contribution in [3.8, 4) is 5.69 Å². The van der Waals surface area contributed by atoms with Crippen LogP contribution in [0.1, 0.15) is 19.0 Å². The van der Waals surface area contributed by atoms with Crippen molar-refractivity contribution in [2.45, 2.75) is 30.4 Å². The van der Waals surface area contributed by atoms with Gasteiger partial charge in [0, 0.05) is 11.9 Å². The predicted molar refractivity (Wildman–Crippen MR) is 111 cm³/mol. The monoisotopic (exact) mass is 381 g/mol. The summed E-state index contributed by atoms with van der Waals surface area (Å²) >= 11 is 1.51. The number of benzene rings is 2. The van der Waals surface area contributed by atoms with E-state index >= 15 is 0 Å². The summed E-state index contributed by atoms with van der Waals surface area (Å²) < 4.78 is 3.33. The van der Waals surface area contributed by atoms with E-state index in [-0.39, 0.29) is 16.7 Å². The van der Waals surface area contributed by atoms with Crippen molar-refractivity contribution < 1.29 is 4.79 Å². The summed E-state index contributed by atoms with van der Waals surface area (Å²) in [5.74, 6) is -0.155. The molecule has 27 heavy (non-hydrogen) atoms. The third-order valence-corrected chi connectivity index (χ3v) is 5.86. The number of nitrogens with one attached hydrogen (secondary N) is 1. The maximum atomic E-state index is 12.9. The predicted octanol–water partition coefficient (Wildman–Crippen LogP) is 3.99. The van der Waals surface area contributed by atoms with Gasteiger partial charge in [0.25, 0.3) is 5.56 Å². The van der Waals surface area contributed by atoms with E-state index in [1.807, 2.05) is 81.6 Å². The van der Waals surface area contributed by atoms with Crippen LogP contribution in [0, 0.1) is 6.92 Å². The largest absolute Gasteiger partial charge is 0.319 e. The Kier molecular flexibility index (Phi) is 5.86. The minimum atomic E-state index is -0.267. The molecule has 0 spiro atoms. The van der Waals surface area contributed by atoms with E-state index in [0.717, 1.165) is 16.3 Å². The Morgan fingerprint density at radius 2 is 1.67 bits per heavy atom. The van der Waals surface area contributed by atoms with E-state index in [1.165, 1.54) is 11.8 Å². The second kappa shape index (κ2) is 8.31. The highest BCUT2D eigenvalue weighted by atomic mass is 32.2. The van der Waals surface area contributed by atoms with Crippen molar-refractivity contribution in [2.24, 2.45) is 7.05 Å². The number of aromatic nitrogens is 2. The average Bonchev–Trinajstić information content (AvgIpc) is 2.90. The maximum absolute atomic E-state index is 12.9. The van der Waals surface area contributed by atoms with Gasteiger partial charge in [0.1, 0.15) is 5.69 Å². The molecule has 0 aliphatic rings. The number of carbonyl (C=O) groups excluding carboxylic acids is 1. The van der Waals surface area contributed by atoms with E-state index in [0.29, 0.717) is 12.1 Å². The highest BCUT2D eigenvalue weighted by Crippen LogP contribution is 2.26. The molecule has 0 radical (unpaired) electrons. The van der Waals surface area contributed by atoms with Crippen LogP contribution < -0.4 is 10.9 Å². The van der Waals surface area contributed by atoms with Crippen LogP contribution in [0.15, 0.2) is 70.4 Å². The molecule has 140 valence electrons. The van der Waals surface area contributed by atoms with Gasteiger partial charge in [-0.15, -0.1) is 11.8 Å². The van der Waals surface area contributed by atoms with Crippen LogP contribution >= 0.6 is 11.8 Å². The Morgan fingerprint density at radius 1 is 1.07 bits per heavy atom. The molecule has 0 bridgehead atoms. The molecule has 1 atom stereocenters. The molecule has 0 fully saturated rings. The molecule has 3 rings (SSSR count). The van der Waals surface area contributed by atoms with Gasteiger partial charge in [-0.25, -0.2) is 4.68 Å². The lowest BCUT2D eigenvalue weighted by atomic mass is 10.3. The lowest BCUT2D eigenvalue weighted by molar-refractivity contribution is -0.115. The van der Waals surface area contributed by atoms with Crippen molar-refractivity contribution in [3.05, 3.63) is 76.7 Å². The third kappa shape index (κ3) is 4.01. The Morgan fingerprint density at radius 3 is 2.26 bits per heavy atom. The molecule has 1 amide bonds. The molecule has 5 nitrogen and oxygen atoms in total. The number of rotatable bonds is 6. The fourth-order valence-corrected chi connectivity index (χ4v) is 3.88. The normalized spacial score (nSPS) is 12.0. The summed E-state index contributed by atoms with van der Waals surface area (Å²) in [7, 11) is 1.81. The van der Waals surface area contributed by atoms with Gasteiger partial charge in [-0.3, -0.25) is 14.3 Å². The molecular weight excluding hydrogens is 358 g/mol. The van der Waals surface area contributed by atoms with E-state index < -0.39 is 0 Å². The topological polar surface area (TPSA) is 56.0 Å². The minimum Gasteiger partial charge on any atom is -0.319 e. The highest BCUT2D eigenvalue weighted by Gasteiger charge is 2.23. The highest BCUT2D eigenvalue weighted by molar-refractivity contribution is 8.00. The van der Waals surface area contributed by atoms with Gasteiger partial charge in [-0.2, -0.15) is 0 Å². The lowest BCUT2D eigenvalue weighted by Gasteiger charge is -2.14. The summed E-state index contributed by atoms with van der Waals surface area (Å²) in [6.07, 6.45) is 0.671. The zero-order valence-corrected chi connectivity index (χ0v) is 16.5. The van der Waals surface area contributed by atoms with Crippen LogP contribution in [0.25, 0.3) is 5.69 Å². The molecular formula is C21H23N3O2S. The molecule has 0 aliphatic heterocycles. The maximum Gasteiger partial charge on any atom is 0.295 e. The summed E-state index contributed by atoms with van der Waals surface area (Å²) in [6.45, 7) is 3.81. The van der Waals surface area contributed by atoms with E-state index in [4.69, 9.17) is 0 Å². The number of carbonyl (C=O) groups is 1. The fourth-order valence-electron chi connectivity index (χ4n) is 2.90. The minimum absolute atomic E-state index is 0.155. The Balaban J connectivity index is 1.87. The van der Waals surface area contributed by atoms with Crippen LogP contribution in [0.2, 0.25) is 0 Å². The second-order valence-corrected chi connectivity index (χ2v) is 7.53. The van der Waals surface area contributed by atoms with Gasteiger partial charge >= 0.3 is 0 Å². The molecule has 2 aromatic carbocycles. The Bertz CT molecular complexity index is 978. The van der Waals surface area contributed by atoms with E-state index in [9.17, 15) is 9.59 Å². The zero-order valence-electron chi connectivity index (χ0n) is 15.7. The summed E-state index contributed by atoms with van der Waals surface area (Å²) in [6, 6.07) is 19.2. The summed E-state index contributed by atoms with van der Waals surface area (Å²) in [5.41, 5.74) is 1.59. The number of anilines is 1. The van der Waals surface area contributed by atoms with Crippen LogP contribution in [0.3, 0.4) is 0 Å². The van der Waals surface area contributed by atoms with Crippen molar-refractivity contribution in [1.29, 1.82) is 0 Å². The van der Waals surface area contributed by atoms with Gasteiger partial charge in [0.2, 0.25) is 5.91 Å². The van der Waals surface area contributed by atoms with Crippen LogP contribution in [0.5, 0.6) is 0 Å². The molecule has 6 heteroatoms. The number of para-hydroxylation sites is 1. The summed E-state index contributed by atoms with van der Waals surface area (Å²) in [5, 5.41) is 2.60. The lowest BCUT2D eigenvalue weighted by Crippen LogP contribution is -2.28. The van der Waals surface area contributed by atoms with Crippen molar-refractivity contribution in [2.75, 3.05) is 5.32 Å². The fraction of sp³-hybridized carbons (Fsp3) is 0.238. The van der Waals surface area contributed by atoms with E-state index in [2.05, 4.69) is 5.32 Å². The Hall–Kier alpha value is -2.73. The Labute approximate surface area is 163 Å². The molecule has 3 aromatic rings. The van der Waals surface area contributed by atoms with Crippen LogP contribution in [0.4, 0.5) is 5.69 Å². The van der Waals surface area contributed by atoms with Crippen LogP contribution in [-0.4, -0.2) is 20.5 Å². The van der Waals surface area contributed by atoms with Gasteiger partial charge in [-0.1, -0.05) is 43.3 Å². The molecule has 0 saturated heterocycles. The summed E-state index contributed by atoms with van der Waals surface area (Å²) in [4.78, 5) is 26.8.